The van der Waals surface area contributed by atoms with Gasteiger partial charge in [-0.25, -0.2) is 4.79 Å². The van der Waals surface area contributed by atoms with E-state index in [1.54, 1.807) is 0 Å². The predicted molar refractivity (Wildman–Crippen MR) is 75.8 cm³/mol. The van der Waals surface area contributed by atoms with Crippen LogP contribution in [0.3, 0.4) is 0 Å². The van der Waals surface area contributed by atoms with E-state index in [9.17, 15) is 9.59 Å². The molecule has 3 rings (SSSR count). The van der Waals surface area contributed by atoms with Gasteiger partial charge in [0.1, 0.15) is 0 Å². The van der Waals surface area contributed by atoms with Crippen LogP contribution < -0.4 is 0 Å². The highest BCUT2D eigenvalue weighted by molar-refractivity contribution is 6.40. The molecule has 1 amide bonds. The third-order valence-electron chi connectivity index (χ3n) is 3.86. The molecule has 1 fully saturated rings. The Labute approximate surface area is 126 Å². The summed E-state index contributed by atoms with van der Waals surface area (Å²) in [6.07, 6.45) is 2.93. The van der Waals surface area contributed by atoms with Crippen molar-refractivity contribution in [3.63, 3.8) is 0 Å². The van der Waals surface area contributed by atoms with Gasteiger partial charge in [-0.3, -0.25) is 4.79 Å². The SMILES string of the molecule is O=C(O)c1c(Cl)cc2c(c1Cl)CCN(CC1CC1)C2=O. The van der Waals surface area contributed by atoms with E-state index in [2.05, 4.69) is 0 Å². The number of fused-ring (bicyclic) bond motifs is 1. The molecule has 106 valence electrons. The van der Waals surface area contributed by atoms with E-state index < -0.39 is 5.97 Å². The fraction of sp³-hybridized carbons (Fsp3) is 0.429. The fourth-order valence-electron chi connectivity index (χ4n) is 2.60. The van der Waals surface area contributed by atoms with E-state index >= 15 is 0 Å². The van der Waals surface area contributed by atoms with E-state index in [0.717, 1.165) is 6.54 Å². The molecule has 1 aliphatic carbocycles. The molecular weight excluding hydrogens is 301 g/mol. The molecule has 1 saturated carbocycles. The smallest absolute Gasteiger partial charge is 0.338 e. The summed E-state index contributed by atoms with van der Waals surface area (Å²) in [5, 5.41) is 9.24. The first-order valence-corrected chi connectivity index (χ1v) is 7.28. The Balaban J connectivity index is 2.00. The zero-order valence-corrected chi connectivity index (χ0v) is 12.2. The Morgan fingerprint density at radius 3 is 2.70 bits per heavy atom. The Hall–Kier alpha value is -1.26. The van der Waals surface area contributed by atoms with E-state index in [1.807, 2.05) is 4.90 Å². The number of hydrogen-bond donors (Lipinski definition) is 1. The lowest BCUT2D eigenvalue weighted by Crippen LogP contribution is -2.39. The lowest BCUT2D eigenvalue weighted by molar-refractivity contribution is 0.0690. The summed E-state index contributed by atoms with van der Waals surface area (Å²) in [6, 6.07) is 1.44. The van der Waals surface area contributed by atoms with Crippen LogP contribution in [0.15, 0.2) is 6.07 Å². The van der Waals surface area contributed by atoms with Crippen LogP contribution in [0.4, 0.5) is 0 Å². The van der Waals surface area contributed by atoms with E-state index in [1.165, 1.54) is 18.9 Å². The van der Waals surface area contributed by atoms with Crippen molar-refractivity contribution in [2.75, 3.05) is 13.1 Å². The number of rotatable bonds is 3. The summed E-state index contributed by atoms with van der Waals surface area (Å²) in [5.41, 5.74) is 0.929. The number of nitrogens with zero attached hydrogens (tertiary/aromatic N) is 1. The van der Waals surface area contributed by atoms with Crippen LogP contribution in [0, 0.1) is 5.92 Å². The highest BCUT2D eigenvalue weighted by Crippen LogP contribution is 2.36. The minimum Gasteiger partial charge on any atom is -0.478 e. The van der Waals surface area contributed by atoms with Crippen molar-refractivity contribution in [2.45, 2.75) is 19.3 Å². The Morgan fingerprint density at radius 1 is 1.40 bits per heavy atom. The van der Waals surface area contributed by atoms with Crippen LogP contribution in [0.5, 0.6) is 0 Å². The van der Waals surface area contributed by atoms with Crippen LogP contribution in [0.2, 0.25) is 10.0 Å². The maximum absolute atomic E-state index is 12.4. The third-order valence-corrected chi connectivity index (χ3v) is 4.57. The van der Waals surface area contributed by atoms with Gasteiger partial charge >= 0.3 is 5.97 Å². The van der Waals surface area contributed by atoms with Gasteiger partial charge < -0.3 is 10.0 Å². The summed E-state index contributed by atoms with van der Waals surface area (Å²) in [7, 11) is 0. The molecule has 0 saturated heterocycles. The summed E-state index contributed by atoms with van der Waals surface area (Å²) < 4.78 is 0. The molecule has 0 radical (unpaired) electrons. The van der Waals surface area contributed by atoms with Crippen molar-refractivity contribution in [3.8, 4) is 0 Å². The number of hydrogen-bond acceptors (Lipinski definition) is 2. The molecule has 1 N–H and O–H groups in total. The van der Waals surface area contributed by atoms with Crippen LogP contribution in [-0.4, -0.2) is 35.0 Å². The van der Waals surface area contributed by atoms with Gasteiger partial charge in [-0.2, -0.15) is 0 Å². The van der Waals surface area contributed by atoms with E-state index in [4.69, 9.17) is 28.3 Å². The fourth-order valence-corrected chi connectivity index (χ4v) is 3.31. The number of amides is 1. The lowest BCUT2D eigenvalue weighted by Gasteiger charge is -2.29. The zero-order valence-electron chi connectivity index (χ0n) is 10.7. The average molecular weight is 314 g/mol. The van der Waals surface area contributed by atoms with Crippen LogP contribution >= 0.6 is 23.2 Å². The van der Waals surface area contributed by atoms with Crippen molar-refractivity contribution in [1.29, 1.82) is 0 Å². The van der Waals surface area contributed by atoms with Crippen LogP contribution in [0.25, 0.3) is 0 Å². The predicted octanol–water partition coefficient (Wildman–Crippen LogP) is 3.10. The molecule has 20 heavy (non-hydrogen) atoms. The molecule has 0 unspecified atom stereocenters. The highest BCUT2D eigenvalue weighted by atomic mass is 35.5. The zero-order chi connectivity index (χ0) is 14.4. The van der Waals surface area contributed by atoms with E-state index in [-0.39, 0.29) is 21.5 Å². The molecule has 2 aliphatic rings. The number of carboxylic acid groups (broad SMARTS) is 1. The molecule has 0 spiro atoms. The maximum atomic E-state index is 12.4. The molecule has 1 heterocycles. The van der Waals surface area contributed by atoms with Gasteiger partial charge in [0.25, 0.3) is 5.91 Å². The second-order valence-electron chi connectivity index (χ2n) is 5.32. The van der Waals surface area contributed by atoms with Gasteiger partial charge in [0, 0.05) is 18.7 Å². The van der Waals surface area contributed by atoms with Gasteiger partial charge in [0.2, 0.25) is 0 Å². The Bertz CT molecular complexity index is 611. The quantitative estimate of drug-likeness (QED) is 0.932. The lowest BCUT2D eigenvalue weighted by atomic mass is 9.96. The summed E-state index contributed by atoms with van der Waals surface area (Å²) in [4.78, 5) is 25.4. The second kappa shape index (κ2) is 4.93. The molecular formula is C14H13Cl2NO3. The monoisotopic (exact) mass is 313 g/mol. The first-order chi connectivity index (χ1) is 9.49. The van der Waals surface area contributed by atoms with Gasteiger partial charge in [-0.05, 0) is 36.8 Å². The van der Waals surface area contributed by atoms with Crippen molar-refractivity contribution >= 4 is 35.1 Å². The minimum absolute atomic E-state index is 0.0165. The first kappa shape index (κ1) is 13.7. The molecule has 6 heteroatoms. The molecule has 0 aromatic heterocycles. The normalized spacial score (nSPS) is 18.1. The van der Waals surface area contributed by atoms with Crippen molar-refractivity contribution < 1.29 is 14.7 Å². The number of benzene rings is 1. The number of carboxylic acids is 1. The maximum Gasteiger partial charge on any atom is 0.338 e. The number of carbonyl (C=O) groups is 2. The largest absolute Gasteiger partial charge is 0.478 e. The van der Waals surface area contributed by atoms with Gasteiger partial charge in [-0.15, -0.1) is 0 Å². The Kier molecular flexibility index (Phi) is 3.38. The summed E-state index contributed by atoms with van der Waals surface area (Å²) >= 11 is 12.1. The van der Waals surface area contributed by atoms with E-state index in [0.29, 0.717) is 30.0 Å². The molecule has 1 aromatic carbocycles. The highest BCUT2D eigenvalue weighted by Gasteiger charge is 2.33. The average Bonchev–Trinajstić information content (AvgIpc) is 3.17. The first-order valence-electron chi connectivity index (χ1n) is 6.52. The molecule has 1 aliphatic heterocycles. The standard InChI is InChI=1S/C14H13Cl2NO3/c15-10-5-9-8(12(16)11(10)14(19)20)3-4-17(13(9)18)6-7-1-2-7/h5,7H,1-4,6H2,(H,19,20). The Morgan fingerprint density at radius 2 is 2.10 bits per heavy atom. The molecule has 1 aromatic rings. The number of halogens is 2. The topological polar surface area (TPSA) is 57.6 Å². The van der Waals surface area contributed by atoms with Crippen molar-refractivity contribution in [3.05, 3.63) is 32.8 Å². The van der Waals surface area contributed by atoms with Crippen LogP contribution in [0.1, 0.15) is 39.1 Å². The minimum atomic E-state index is -1.17. The molecule has 0 atom stereocenters. The molecule has 0 bridgehead atoms. The van der Waals surface area contributed by atoms with Crippen molar-refractivity contribution in [1.82, 2.24) is 4.90 Å². The second-order valence-corrected chi connectivity index (χ2v) is 6.11. The van der Waals surface area contributed by atoms with Crippen LogP contribution in [-0.2, 0) is 6.42 Å². The van der Waals surface area contributed by atoms with Gasteiger partial charge in [0.15, 0.2) is 0 Å². The van der Waals surface area contributed by atoms with Crippen molar-refractivity contribution in [2.24, 2.45) is 5.92 Å². The molecule has 4 nitrogen and oxygen atoms in total. The van der Waals surface area contributed by atoms with Gasteiger partial charge in [-0.1, -0.05) is 23.2 Å². The number of aromatic carboxylic acids is 1. The third kappa shape index (κ3) is 2.27. The summed E-state index contributed by atoms with van der Waals surface area (Å²) in [5.74, 6) is -0.653. The summed E-state index contributed by atoms with van der Waals surface area (Å²) in [6.45, 7) is 1.36. The number of carbonyl (C=O) groups excluding carboxylic acids is 1. The van der Waals surface area contributed by atoms with Gasteiger partial charge in [0.05, 0.1) is 15.6 Å².